The summed E-state index contributed by atoms with van der Waals surface area (Å²) in [5.74, 6) is 2.75. The van der Waals surface area contributed by atoms with E-state index < -0.39 is 5.41 Å². The molecule has 1 aliphatic carbocycles. The highest BCUT2D eigenvalue weighted by Gasteiger charge is 2.51. The van der Waals surface area contributed by atoms with E-state index in [0.717, 1.165) is 22.9 Å². The Morgan fingerprint density at radius 2 is 0.984 bits per heavy atom. The molecule has 0 bridgehead atoms. The van der Waals surface area contributed by atoms with Gasteiger partial charge in [0.15, 0.2) is 0 Å². The highest BCUT2D eigenvalue weighted by atomic mass is 16.5. The number of rotatable bonds is 7. The highest BCUT2D eigenvalue weighted by molar-refractivity contribution is 6.00. The second-order valence-corrected chi connectivity index (χ2v) is 16.3. The van der Waals surface area contributed by atoms with Crippen molar-refractivity contribution in [3.8, 4) is 56.0 Å². The molecule has 3 aliphatic rings. The van der Waals surface area contributed by atoms with Gasteiger partial charge in [-0.3, -0.25) is 10.0 Å². The fourth-order valence-corrected chi connectivity index (χ4v) is 9.81. The summed E-state index contributed by atoms with van der Waals surface area (Å²) in [6, 6.07) is 80.6. The normalized spacial score (nSPS) is 15.3. The molecule has 0 saturated carbocycles. The Balaban J connectivity index is 0.870. The van der Waals surface area contributed by atoms with E-state index in [-0.39, 0.29) is 6.17 Å². The van der Waals surface area contributed by atoms with Gasteiger partial charge in [0.05, 0.1) is 12.0 Å². The average molecular weight is 796 g/mol. The molecule has 0 amide bonds. The van der Waals surface area contributed by atoms with E-state index in [1.54, 1.807) is 0 Å². The Labute approximate surface area is 362 Å². The second kappa shape index (κ2) is 14.7. The SMILES string of the molecule is c1ccc(C/N=C(/c2ccc(-c3ccccc3)cc2)N2NC2c2cccc(-c3cccc(-c4ccc5c(c4)-c4ccccc4C54c5ccccc5Oc5ccccc54)c3)c2)cc1. The molecule has 1 unspecified atom stereocenters. The van der Waals surface area contributed by atoms with Crippen LogP contribution in [0.3, 0.4) is 0 Å². The van der Waals surface area contributed by atoms with Gasteiger partial charge in [0.2, 0.25) is 0 Å². The van der Waals surface area contributed by atoms with Crippen molar-refractivity contribution in [3.05, 3.63) is 263 Å². The standard InChI is InChI=1S/C58H41N3O/c1-3-15-39(16-4-1)38-59-56(42-31-29-41(30-32-42)40-17-5-2-6-18-40)61-57(60-61)47-22-14-21-45(36-47)43-19-13-20-44(35-43)46-33-34-51-49(37-46)48-23-7-8-24-50(48)58(51)52-25-9-11-27-54(52)62-55-28-12-10-26-53(55)58/h1-37,57,60H,38H2/b59-56-. The molecule has 1 N–H and O–H groups in total. The Kier molecular flexibility index (Phi) is 8.58. The number of hydrogen-bond donors (Lipinski definition) is 1. The van der Waals surface area contributed by atoms with Gasteiger partial charge in [-0.05, 0) is 97.1 Å². The van der Waals surface area contributed by atoms with Crippen molar-refractivity contribution in [3.63, 3.8) is 0 Å². The van der Waals surface area contributed by atoms with Crippen molar-refractivity contribution >= 4 is 5.84 Å². The number of ether oxygens (including phenoxy) is 1. The van der Waals surface area contributed by atoms with Crippen LogP contribution in [0, 0.1) is 0 Å². The summed E-state index contributed by atoms with van der Waals surface area (Å²) in [6.07, 6.45) is 0.00556. The molecule has 9 aromatic carbocycles. The van der Waals surface area contributed by atoms with Crippen molar-refractivity contribution in [2.24, 2.45) is 4.99 Å². The van der Waals surface area contributed by atoms with Crippen molar-refractivity contribution in [2.45, 2.75) is 18.1 Å². The van der Waals surface area contributed by atoms with E-state index >= 15 is 0 Å². The lowest BCUT2D eigenvalue weighted by atomic mass is 9.66. The maximum atomic E-state index is 6.54. The maximum Gasteiger partial charge on any atom is 0.147 e. The van der Waals surface area contributed by atoms with Crippen LogP contribution in [-0.2, 0) is 12.0 Å². The molecule has 62 heavy (non-hydrogen) atoms. The van der Waals surface area contributed by atoms with Crippen LogP contribution in [0.1, 0.15) is 45.1 Å². The molecule has 294 valence electrons. The second-order valence-electron chi connectivity index (χ2n) is 16.3. The molecular formula is C58H41N3O. The lowest BCUT2D eigenvalue weighted by Gasteiger charge is -2.39. The fourth-order valence-electron chi connectivity index (χ4n) is 9.81. The first kappa shape index (κ1) is 36.1. The summed E-state index contributed by atoms with van der Waals surface area (Å²) in [4.78, 5) is 5.19. The van der Waals surface area contributed by atoms with Gasteiger partial charge in [0.1, 0.15) is 23.5 Å². The molecule has 1 atom stereocenters. The van der Waals surface area contributed by atoms with Gasteiger partial charge in [0, 0.05) is 16.7 Å². The van der Waals surface area contributed by atoms with Crippen LogP contribution < -0.4 is 10.2 Å². The summed E-state index contributed by atoms with van der Waals surface area (Å²) in [5.41, 5.74) is 21.2. The van der Waals surface area contributed by atoms with Gasteiger partial charge >= 0.3 is 0 Å². The van der Waals surface area contributed by atoms with Crippen molar-refractivity contribution in [1.82, 2.24) is 10.4 Å². The summed E-state index contributed by atoms with van der Waals surface area (Å²) in [5, 5.41) is 2.19. The molecule has 2 aliphatic heterocycles. The first-order valence-corrected chi connectivity index (χ1v) is 21.3. The van der Waals surface area contributed by atoms with Gasteiger partial charge in [-0.25, -0.2) is 5.43 Å². The Hall–Kier alpha value is -7.79. The molecule has 4 heteroatoms. The molecule has 9 aromatic rings. The Bertz CT molecular complexity index is 3130. The van der Waals surface area contributed by atoms with Crippen molar-refractivity contribution in [2.75, 3.05) is 0 Å². The van der Waals surface area contributed by atoms with Crippen LogP contribution in [-0.4, -0.2) is 10.8 Å². The van der Waals surface area contributed by atoms with E-state index in [9.17, 15) is 0 Å². The molecule has 12 rings (SSSR count). The molecule has 0 aromatic heterocycles. The largest absolute Gasteiger partial charge is 0.457 e. The average Bonchev–Trinajstić information content (AvgIpc) is 4.09. The predicted octanol–water partition coefficient (Wildman–Crippen LogP) is 13.6. The number of hydrogen-bond acceptors (Lipinski definition) is 3. The van der Waals surface area contributed by atoms with Crippen LogP contribution in [0.4, 0.5) is 0 Å². The Morgan fingerprint density at radius 1 is 0.452 bits per heavy atom. The number of benzene rings is 9. The van der Waals surface area contributed by atoms with Crippen molar-refractivity contribution < 1.29 is 4.74 Å². The zero-order valence-corrected chi connectivity index (χ0v) is 33.9. The third-order valence-electron chi connectivity index (χ3n) is 12.8. The predicted molar refractivity (Wildman–Crippen MR) is 251 cm³/mol. The number of nitrogens with zero attached hydrogens (tertiary/aromatic N) is 2. The molecule has 1 saturated heterocycles. The number of hydrazine groups is 1. The van der Waals surface area contributed by atoms with E-state index in [1.165, 1.54) is 77.9 Å². The van der Waals surface area contributed by atoms with E-state index in [1.807, 2.05) is 6.07 Å². The third-order valence-corrected chi connectivity index (χ3v) is 12.8. The number of para-hydroxylation sites is 2. The van der Waals surface area contributed by atoms with E-state index in [4.69, 9.17) is 9.73 Å². The van der Waals surface area contributed by atoms with Gasteiger partial charge in [-0.2, -0.15) is 0 Å². The fraction of sp³-hybridized carbons (Fsp3) is 0.0517. The lowest BCUT2D eigenvalue weighted by molar-refractivity contribution is 0.436. The van der Waals surface area contributed by atoms with Crippen LogP contribution in [0.15, 0.2) is 229 Å². The number of nitrogens with one attached hydrogen (secondary N) is 1. The van der Waals surface area contributed by atoms with E-state index in [2.05, 4.69) is 229 Å². The molecule has 1 fully saturated rings. The minimum Gasteiger partial charge on any atom is -0.457 e. The number of fused-ring (bicyclic) bond motifs is 9. The van der Waals surface area contributed by atoms with Gasteiger partial charge in [-0.15, -0.1) is 0 Å². The summed E-state index contributed by atoms with van der Waals surface area (Å²) in [6.45, 7) is 0.596. The quantitative estimate of drug-likeness (QED) is 0.0993. The van der Waals surface area contributed by atoms with Gasteiger partial charge in [0.25, 0.3) is 0 Å². The van der Waals surface area contributed by atoms with Crippen LogP contribution >= 0.6 is 0 Å². The van der Waals surface area contributed by atoms with Crippen LogP contribution in [0.25, 0.3) is 44.5 Å². The smallest absolute Gasteiger partial charge is 0.147 e. The summed E-state index contributed by atoms with van der Waals surface area (Å²) < 4.78 is 6.54. The minimum atomic E-state index is -0.472. The van der Waals surface area contributed by atoms with Crippen molar-refractivity contribution in [1.29, 1.82) is 0 Å². The molecule has 0 radical (unpaired) electrons. The third kappa shape index (κ3) is 5.99. The molecule has 1 spiro atoms. The number of amidine groups is 1. The zero-order chi connectivity index (χ0) is 41.0. The highest BCUT2D eigenvalue weighted by Crippen LogP contribution is 2.62. The molecule has 2 heterocycles. The monoisotopic (exact) mass is 795 g/mol. The summed E-state index contributed by atoms with van der Waals surface area (Å²) >= 11 is 0. The first-order valence-electron chi connectivity index (χ1n) is 21.3. The zero-order valence-electron chi connectivity index (χ0n) is 33.9. The number of aliphatic imine (C=N–C) groups is 1. The maximum absolute atomic E-state index is 6.54. The minimum absolute atomic E-state index is 0.00556. The topological polar surface area (TPSA) is 46.5 Å². The molecular weight excluding hydrogens is 755 g/mol. The Morgan fingerprint density at radius 3 is 1.71 bits per heavy atom. The van der Waals surface area contributed by atoms with Crippen LogP contribution in [0.5, 0.6) is 11.5 Å². The van der Waals surface area contributed by atoms with E-state index in [0.29, 0.717) is 6.54 Å². The summed E-state index contributed by atoms with van der Waals surface area (Å²) in [7, 11) is 0. The van der Waals surface area contributed by atoms with Crippen LogP contribution in [0.2, 0.25) is 0 Å². The first-order chi connectivity index (χ1) is 30.7. The van der Waals surface area contributed by atoms with Gasteiger partial charge in [-0.1, -0.05) is 194 Å². The van der Waals surface area contributed by atoms with Gasteiger partial charge < -0.3 is 4.74 Å². The molecule has 4 nitrogen and oxygen atoms in total. The lowest BCUT2D eigenvalue weighted by Crippen LogP contribution is -2.32.